The van der Waals surface area contributed by atoms with Gasteiger partial charge in [-0.15, -0.1) is 0 Å². The molecule has 0 fully saturated rings. The fourth-order valence-electron chi connectivity index (χ4n) is 6.07. The number of anilines is 2. The Morgan fingerprint density at radius 1 is 0.612 bits per heavy atom. The van der Waals surface area contributed by atoms with Crippen LogP contribution in [0.5, 0.6) is 0 Å². The number of aromatic nitrogens is 4. The maximum absolute atomic E-state index is 13.5. The minimum atomic E-state index is -3.66. The molecule has 0 radical (unpaired) electrons. The number of carboxylic acid groups (broad SMARTS) is 2. The van der Waals surface area contributed by atoms with Crippen LogP contribution < -0.4 is 18.8 Å². The molecule has 67 heavy (non-hydrogen) atoms. The van der Waals surface area contributed by atoms with Gasteiger partial charge in [0.05, 0.1) is 59.7 Å². The number of carbonyl (C=O) groups is 2. The molecule has 2 aromatic carbocycles. The van der Waals surface area contributed by atoms with Crippen LogP contribution in [0.15, 0.2) is 60.7 Å². The molecule has 0 bridgehead atoms. The Hall–Kier alpha value is -4.52. The van der Waals surface area contributed by atoms with Crippen molar-refractivity contribution in [1.29, 1.82) is 0 Å². The van der Waals surface area contributed by atoms with E-state index in [0.29, 0.717) is 45.0 Å². The second-order valence-corrected chi connectivity index (χ2v) is 19.9. The van der Waals surface area contributed by atoms with E-state index >= 15 is 0 Å². The Balaban J connectivity index is 0.000000453. The number of hydrogen-bond acceptors (Lipinski definition) is 16. The van der Waals surface area contributed by atoms with Crippen molar-refractivity contribution in [2.24, 2.45) is 0 Å². The maximum Gasteiger partial charge on any atom is 2.00 e. The molecule has 4 rings (SSSR count). The molecule has 0 unspecified atom stereocenters. The summed E-state index contributed by atoms with van der Waals surface area (Å²) in [5.41, 5.74) is 3.52. The van der Waals surface area contributed by atoms with Gasteiger partial charge in [-0.2, -0.15) is 0 Å². The first-order valence-corrected chi connectivity index (χ1v) is 24.0. The van der Waals surface area contributed by atoms with Crippen LogP contribution in [-0.4, -0.2) is 158 Å². The van der Waals surface area contributed by atoms with Crippen LogP contribution in [0.4, 0.5) is 20.7 Å². The zero-order valence-corrected chi connectivity index (χ0v) is 42.1. The number of rotatable bonds is 20. The molecule has 23 heteroatoms. The molecule has 0 spiro atoms. The minimum Gasteiger partial charge on any atom is -0.550 e. The summed E-state index contributed by atoms with van der Waals surface area (Å²) in [5.74, 6) is -4.28. The predicted molar refractivity (Wildman–Crippen MR) is 246 cm³/mol. The smallest absolute Gasteiger partial charge is 0.550 e. The average Bonchev–Trinajstić information content (AvgIpc) is 3.20. The summed E-state index contributed by atoms with van der Waals surface area (Å²) in [6.45, 7) is 7.38. The SMILES string of the molecule is CC(C)c1nc(N(C)S(C)(=O)=O)nc(-c2ccc(F)cc2)c1/C=C/[C@@H](O)C[C@@H](O)CC(=O)[O-].CC(C)c1nc(N(C)S(C)(=O)=O)nc(-c2ccc(F)cc2)c1/C=C/[C@H](O)C[C@H](O)CC(=O)[O-].[Ca+2]. The first kappa shape index (κ1) is 58.6. The van der Waals surface area contributed by atoms with Gasteiger partial charge in [0.1, 0.15) is 11.6 Å². The summed E-state index contributed by atoms with van der Waals surface area (Å²) in [6.07, 6.45) is 1.16. The molecule has 4 atom stereocenters. The second-order valence-electron chi connectivity index (χ2n) is 15.9. The number of carboxylic acids is 2. The van der Waals surface area contributed by atoms with Crippen molar-refractivity contribution >= 4 is 93.8 Å². The number of hydrogen-bond donors (Lipinski definition) is 4. The van der Waals surface area contributed by atoms with E-state index in [0.717, 1.165) is 21.1 Å². The molecule has 18 nitrogen and oxygen atoms in total. The third-order valence-corrected chi connectivity index (χ3v) is 11.9. The number of aliphatic hydroxyl groups excluding tert-OH is 4. The van der Waals surface area contributed by atoms with Crippen molar-refractivity contribution < 1.29 is 65.8 Å². The van der Waals surface area contributed by atoms with Gasteiger partial charge in [-0.3, -0.25) is 0 Å². The number of aliphatic hydroxyl groups is 4. The van der Waals surface area contributed by atoms with E-state index in [-0.39, 0.29) is 74.3 Å². The quantitative estimate of drug-likeness (QED) is 0.0918. The van der Waals surface area contributed by atoms with Gasteiger partial charge in [-0.25, -0.2) is 54.2 Å². The van der Waals surface area contributed by atoms with Crippen LogP contribution in [0.3, 0.4) is 0 Å². The molecule has 4 aromatic rings. The molecule has 0 amide bonds. The van der Waals surface area contributed by atoms with Gasteiger partial charge in [-0.05, 0) is 60.4 Å². The van der Waals surface area contributed by atoms with Gasteiger partial charge < -0.3 is 40.2 Å². The fraction of sp³-hybridized carbons (Fsp3) is 0.409. The summed E-state index contributed by atoms with van der Waals surface area (Å²) in [5, 5.41) is 61.1. The van der Waals surface area contributed by atoms with Crippen LogP contribution >= 0.6 is 0 Å². The summed E-state index contributed by atoms with van der Waals surface area (Å²) < 4.78 is 77.1. The molecular formula is C44H54CaF2N6O12S2. The average molecular weight is 1000 g/mol. The number of carbonyl (C=O) groups excluding carboxylic acids is 2. The van der Waals surface area contributed by atoms with Crippen molar-refractivity contribution in [3.05, 3.63) is 94.8 Å². The van der Waals surface area contributed by atoms with Gasteiger partial charge in [0.2, 0.25) is 31.9 Å². The number of halogens is 2. The molecule has 0 saturated heterocycles. The third kappa shape index (κ3) is 18.1. The van der Waals surface area contributed by atoms with Gasteiger partial charge in [0, 0.05) is 74.0 Å². The van der Waals surface area contributed by atoms with E-state index in [1.807, 2.05) is 27.7 Å². The largest absolute Gasteiger partial charge is 2.00 e. The number of aliphatic carboxylic acids is 2. The zero-order chi connectivity index (χ0) is 49.8. The van der Waals surface area contributed by atoms with Crippen LogP contribution in [0, 0.1) is 11.6 Å². The Bertz CT molecular complexity index is 2430. The zero-order valence-electron chi connectivity index (χ0n) is 38.2. The van der Waals surface area contributed by atoms with Crippen molar-refractivity contribution in [2.45, 2.75) is 89.6 Å². The topological polar surface area (TPSA) is 287 Å². The molecular weight excluding hydrogens is 947 g/mol. The monoisotopic (exact) mass is 1000 g/mol. The molecule has 2 heterocycles. The van der Waals surface area contributed by atoms with Gasteiger partial charge in [0.15, 0.2) is 0 Å². The van der Waals surface area contributed by atoms with Gasteiger partial charge in [0.25, 0.3) is 0 Å². The van der Waals surface area contributed by atoms with Crippen molar-refractivity contribution in [2.75, 3.05) is 35.2 Å². The Labute approximate surface area is 418 Å². The molecule has 0 aliphatic heterocycles. The van der Waals surface area contributed by atoms with Crippen LogP contribution in [0.25, 0.3) is 34.7 Å². The fourth-order valence-corrected chi connectivity index (χ4v) is 6.83. The third-order valence-electron chi connectivity index (χ3n) is 9.62. The summed E-state index contributed by atoms with van der Waals surface area (Å²) in [7, 11) is -4.67. The number of benzene rings is 2. The second kappa shape index (κ2) is 25.7. The summed E-state index contributed by atoms with van der Waals surface area (Å²) in [6, 6.07) is 10.9. The molecule has 0 aliphatic carbocycles. The van der Waals surface area contributed by atoms with Crippen LogP contribution in [0.2, 0.25) is 0 Å². The molecule has 2 aromatic heterocycles. The number of sulfonamides is 2. The predicted octanol–water partition coefficient (Wildman–Crippen LogP) is 1.75. The van der Waals surface area contributed by atoms with E-state index in [4.69, 9.17) is 0 Å². The number of nitrogens with zero attached hydrogens (tertiary/aromatic N) is 6. The Kier molecular flexibility index (Phi) is 22.5. The molecule has 0 aliphatic rings. The van der Waals surface area contributed by atoms with E-state index in [2.05, 4.69) is 19.9 Å². The van der Waals surface area contributed by atoms with Gasteiger partial charge in [-0.1, -0.05) is 52.0 Å². The first-order valence-electron chi connectivity index (χ1n) is 20.3. The normalized spacial score (nSPS) is 13.7. The first-order chi connectivity index (χ1) is 30.6. The Morgan fingerprint density at radius 2 is 0.910 bits per heavy atom. The van der Waals surface area contributed by atoms with E-state index in [1.54, 1.807) is 0 Å². The maximum atomic E-state index is 13.5. The van der Waals surface area contributed by atoms with E-state index < -0.39 is 80.9 Å². The van der Waals surface area contributed by atoms with Crippen molar-refractivity contribution in [3.63, 3.8) is 0 Å². The van der Waals surface area contributed by atoms with E-state index in [9.17, 15) is 65.8 Å². The molecule has 0 saturated carbocycles. The summed E-state index contributed by atoms with van der Waals surface area (Å²) >= 11 is 0. The van der Waals surface area contributed by atoms with Crippen LogP contribution in [0.1, 0.15) is 87.7 Å². The van der Waals surface area contributed by atoms with Crippen LogP contribution in [-0.2, 0) is 29.6 Å². The summed E-state index contributed by atoms with van der Waals surface area (Å²) in [4.78, 5) is 38.9. The van der Waals surface area contributed by atoms with E-state index in [1.165, 1.54) is 86.9 Å². The Morgan fingerprint density at radius 3 is 1.16 bits per heavy atom. The van der Waals surface area contributed by atoms with Crippen molar-refractivity contribution in [3.8, 4) is 22.5 Å². The van der Waals surface area contributed by atoms with Gasteiger partial charge >= 0.3 is 37.7 Å². The minimum absolute atomic E-state index is 0. The standard InChI is InChI=1S/2C22H28FN3O6S.Ca/c2*1-13(2)20-18(10-9-16(27)11-17(28)12-19(29)30)21(14-5-7-15(23)8-6-14)25-22(24-20)26(3)33(4,31)32;/h2*5-10,13,16-17,27-28H,11-12H2,1-4H3,(H,29,30);/q;;+2/p-2/b2*10-9+;/t2*16-,17-;/m10./s1. The molecule has 4 N–H and O–H groups in total. The molecule has 360 valence electrons. The van der Waals surface area contributed by atoms with Crippen molar-refractivity contribution in [1.82, 2.24) is 19.9 Å².